The van der Waals surface area contributed by atoms with Gasteiger partial charge in [-0.3, -0.25) is 13.7 Å². The van der Waals surface area contributed by atoms with E-state index in [4.69, 9.17) is 13.7 Å². The molecule has 0 bridgehead atoms. The molecule has 0 rings (SSSR count). The van der Waals surface area contributed by atoms with Crippen molar-refractivity contribution in [3.05, 3.63) is 0 Å². The van der Waals surface area contributed by atoms with Gasteiger partial charge in [0.25, 0.3) is 30.4 Å². The fraction of sp³-hybridized carbons (Fsp3) is 1.00. The predicted octanol–water partition coefficient (Wildman–Crippen LogP) is 0.217. The second kappa shape index (κ2) is 9.63. The molecule has 0 amide bonds. The summed E-state index contributed by atoms with van der Waals surface area (Å²) >= 11 is 0. The van der Waals surface area contributed by atoms with Gasteiger partial charge in [-0.2, -0.15) is 25.3 Å². The van der Waals surface area contributed by atoms with Crippen LogP contribution < -0.4 is 0 Å². The van der Waals surface area contributed by atoms with Gasteiger partial charge in [-0.15, -0.1) is 0 Å². The van der Waals surface area contributed by atoms with E-state index in [9.17, 15) is 25.3 Å². The Morgan fingerprint density at radius 3 is 1.20 bits per heavy atom. The Labute approximate surface area is 119 Å². The molecule has 0 radical (unpaired) electrons. The van der Waals surface area contributed by atoms with Crippen LogP contribution in [0.25, 0.3) is 0 Å². The maximum atomic E-state index is 10.1. The molecule has 20 heavy (non-hydrogen) atoms. The molecule has 0 aliphatic heterocycles. The summed E-state index contributed by atoms with van der Waals surface area (Å²) in [5.41, 5.74) is 0. The van der Waals surface area contributed by atoms with Crippen LogP contribution in [0.1, 0.15) is 32.6 Å². The minimum atomic E-state index is -4.30. The first-order valence-corrected chi connectivity index (χ1v) is 10.4. The van der Waals surface area contributed by atoms with Crippen molar-refractivity contribution in [3.63, 3.8) is 0 Å². The van der Waals surface area contributed by atoms with E-state index in [0.717, 1.165) is 19.3 Å². The van der Waals surface area contributed by atoms with Gasteiger partial charge in [0.1, 0.15) is 0 Å². The molecule has 0 aliphatic rings. The molecule has 0 saturated heterocycles. The van der Waals surface area contributed by atoms with Crippen molar-refractivity contribution in [2.45, 2.75) is 32.6 Å². The Morgan fingerprint density at radius 2 is 0.950 bits per heavy atom. The quantitative estimate of drug-likeness (QED) is 0.407. The van der Waals surface area contributed by atoms with Crippen molar-refractivity contribution in [1.29, 1.82) is 0 Å². The van der Waals surface area contributed by atoms with E-state index < -0.39 is 41.9 Å². The fourth-order valence-electron chi connectivity index (χ4n) is 0.922. The molecule has 0 saturated carbocycles. The van der Waals surface area contributed by atoms with Gasteiger partial charge in [0.2, 0.25) is 0 Å². The van der Waals surface area contributed by atoms with E-state index in [1.165, 1.54) is 0 Å². The van der Waals surface area contributed by atoms with Crippen molar-refractivity contribution in [2.75, 3.05) is 17.3 Å². The van der Waals surface area contributed by atoms with Gasteiger partial charge < -0.3 is 0 Å². The molecule has 0 aromatic rings. The summed E-state index contributed by atoms with van der Waals surface area (Å²) in [6.07, 6.45) is 3.57. The zero-order valence-corrected chi connectivity index (χ0v) is 13.4. The second-order valence-electron chi connectivity index (χ2n) is 3.92. The minimum Gasteiger partial charge on any atom is -0.286 e. The summed E-state index contributed by atoms with van der Waals surface area (Å²) in [5, 5.41) is 0. The highest BCUT2D eigenvalue weighted by atomic mass is 32.2. The van der Waals surface area contributed by atoms with Crippen LogP contribution in [0.15, 0.2) is 0 Å². The fourth-order valence-corrected chi connectivity index (χ4v) is 3.18. The summed E-state index contributed by atoms with van der Waals surface area (Å²) in [5.74, 6) is -2.05. The molecule has 0 aromatic heterocycles. The predicted molar refractivity (Wildman–Crippen MR) is 73.4 cm³/mol. The first-order chi connectivity index (χ1) is 8.77. The van der Waals surface area contributed by atoms with Crippen LogP contribution in [0, 0.1) is 0 Å². The maximum Gasteiger partial charge on any atom is 0.265 e. The lowest BCUT2D eigenvalue weighted by Gasteiger charge is -1.95. The molecule has 0 atom stereocenters. The van der Waals surface area contributed by atoms with Gasteiger partial charge in [0.15, 0.2) is 0 Å². The molecule has 3 N–H and O–H groups in total. The van der Waals surface area contributed by atoms with Crippen LogP contribution >= 0.6 is 0 Å². The van der Waals surface area contributed by atoms with Crippen LogP contribution in [-0.2, 0) is 30.4 Å². The van der Waals surface area contributed by atoms with E-state index in [1.54, 1.807) is 0 Å². The molecule has 0 heterocycles. The third-order valence-electron chi connectivity index (χ3n) is 1.86. The topological polar surface area (TPSA) is 163 Å². The Morgan fingerprint density at radius 1 is 0.600 bits per heavy atom. The molecule has 12 heteroatoms. The van der Waals surface area contributed by atoms with Crippen LogP contribution in [0.3, 0.4) is 0 Å². The van der Waals surface area contributed by atoms with E-state index in [1.807, 2.05) is 6.92 Å². The molecule has 0 aromatic carbocycles. The van der Waals surface area contributed by atoms with Gasteiger partial charge in [0.05, 0.1) is 17.3 Å². The monoisotopic (exact) mass is 356 g/mol. The molecule has 0 spiro atoms. The van der Waals surface area contributed by atoms with E-state index in [2.05, 4.69) is 0 Å². The smallest absolute Gasteiger partial charge is 0.265 e. The second-order valence-corrected chi connectivity index (χ2v) is 8.64. The van der Waals surface area contributed by atoms with E-state index >= 15 is 0 Å². The van der Waals surface area contributed by atoms with Crippen molar-refractivity contribution in [2.24, 2.45) is 0 Å². The van der Waals surface area contributed by atoms with Gasteiger partial charge >= 0.3 is 0 Å². The Balaban J connectivity index is 0. The highest BCUT2D eigenvalue weighted by Crippen LogP contribution is 2.00. The highest BCUT2D eigenvalue weighted by Gasteiger charge is 2.11. The van der Waals surface area contributed by atoms with Crippen LogP contribution in [-0.4, -0.2) is 56.2 Å². The molecular weight excluding hydrogens is 336 g/mol. The highest BCUT2D eigenvalue weighted by molar-refractivity contribution is 7.89. The number of unbranched alkanes of at least 4 members (excludes halogenated alkanes) is 3. The Bertz CT molecular complexity index is 512. The number of hydrogen-bond acceptors (Lipinski definition) is 6. The first-order valence-electron chi connectivity index (χ1n) is 5.62. The average molecular weight is 356 g/mol. The molecule has 0 fully saturated rings. The third-order valence-corrected chi connectivity index (χ3v) is 4.36. The van der Waals surface area contributed by atoms with Crippen LogP contribution in [0.4, 0.5) is 0 Å². The molecule has 124 valence electrons. The lowest BCUT2D eigenvalue weighted by Crippen LogP contribution is -2.15. The minimum absolute atomic E-state index is 0.0903. The van der Waals surface area contributed by atoms with Gasteiger partial charge in [-0.05, 0) is 6.42 Å². The van der Waals surface area contributed by atoms with Crippen LogP contribution in [0.5, 0.6) is 0 Å². The van der Waals surface area contributed by atoms with E-state index in [0.29, 0.717) is 6.42 Å². The molecule has 9 nitrogen and oxygen atoms in total. The Hall–Kier alpha value is -0.270. The van der Waals surface area contributed by atoms with E-state index in [-0.39, 0.29) is 5.75 Å². The van der Waals surface area contributed by atoms with Crippen molar-refractivity contribution in [3.8, 4) is 0 Å². The summed E-state index contributed by atoms with van der Waals surface area (Å²) in [6, 6.07) is 0. The lowest BCUT2D eigenvalue weighted by atomic mass is 10.2. The lowest BCUT2D eigenvalue weighted by molar-refractivity contribution is 0.472. The normalized spacial score (nSPS) is 12.6. The summed E-state index contributed by atoms with van der Waals surface area (Å²) in [4.78, 5) is 0. The zero-order chi connectivity index (χ0) is 16.4. The third kappa shape index (κ3) is 26.3. The summed E-state index contributed by atoms with van der Waals surface area (Å²) in [7, 11) is -12.3. The average Bonchev–Trinajstić information content (AvgIpc) is 2.20. The van der Waals surface area contributed by atoms with Crippen molar-refractivity contribution >= 4 is 30.4 Å². The van der Waals surface area contributed by atoms with Crippen LogP contribution in [0.2, 0.25) is 0 Å². The Kier molecular flexibility index (Phi) is 10.6. The molecule has 0 unspecified atom stereocenters. The van der Waals surface area contributed by atoms with Gasteiger partial charge in [-0.1, -0.05) is 26.2 Å². The molecular formula is C8H20O9S3. The van der Waals surface area contributed by atoms with Gasteiger partial charge in [0, 0.05) is 0 Å². The maximum absolute atomic E-state index is 10.1. The standard InChI is InChI=1S/C6H14O3S.C2H6O6S2/c1-2-3-4-5-6-10(7,8)9;3-9(4,5)1-2-10(6,7)8/h2-6H2,1H3,(H,7,8,9);1-2H2,(H,3,4,5)(H,6,7,8). The summed E-state index contributed by atoms with van der Waals surface area (Å²) in [6.45, 7) is 2.05. The number of hydrogen-bond donors (Lipinski definition) is 3. The largest absolute Gasteiger partial charge is 0.286 e. The van der Waals surface area contributed by atoms with Gasteiger partial charge in [-0.25, -0.2) is 0 Å². The number of rotatable bonds is 8. The zero-order valence-electron chi connectivity index (χ0n) is 11.0. The first kappa shape index (κ1) is 22.0. The van der Waals surface area contributed by atoms with Crippen molar-refractivity contribution < 1.29 is 38.9 Å². The molecule has 0 aliphatic carbocycles. The van der Waals surface area contributed by atoms with Crippen molar-refractivity contribution in [1.82, 2.24) is 0 Å². The summed E-state index contributed by atoms with van der Waals surface area (Å²) < 4.78 is 84.0. The SMILES string of the molecule is CCCCCCS(=O)(=O)O.O=S(=O)(O)CCS(=O)(=O)O.